The molecule has 1 unspecified atom stereocenters. The van der Waals surface area contributed by atoms with Gasteiger partial charge in [0.15, 0.2) is 0 Å². The molecule has 2 fully saturated rings. The average Bonchev–Trinajstić information content (AvgIpc) is 3.45. The maximum absolute atomic E-state index is 12.8. The SMILES string of the molecule is O=C(NCc1ccc(OC2CCCC2)nc1)C1CCCN1C(=O)c1ccc(Br)cc1. The van der Waals surface area contributed by atoms with Crippen LogP contribution >= 0.6 is 15.9 Å². The van der Waals surface area contributed by atoms with Crippen LogP contribution in [0.25, 0.3) is 0 Å². The summed E-state index contributed by atoms with van der Waals surface area (Å²) in [6.07, 6.45) is 8.15. The van der Waals surface area contributed by atoms with Gasteiger partial charge in [0.25, 0.3) is 5.91 Å². The summed E-state index contributed by atoms with van der Waals surface area (Å²) in [4.78, 5) is 31.6. The van der Waals surface area contributed by atoms with E-state index in [0.717, 1.165) is 29.3 Å². The van der Waals surface area contributed by atoms with Crippen molar-refractivity contribution in [1.82, 2.24) is 15.2 Å². The number of halogens is 1. The number of ether oxygens (including phenoxy) is 1. The van der Waals surface area contributed by atoms with Crippen molar-refractivity contribution >= 4 is 27.7 Å². The second-order valence-corrected chi connectivity index (χ2v) is 8.83. The fourth-order valence-electron chi connectivity index (χ4n) is 4.11. The molecule has 1 aromatic heterocycles. The van der Waals surface area contributed by atoms with Crippen LogP contribution in [0.1, 0.15) is 54.4 Å². The number of amides is 2. The normalized spacial score (nSPS) is 19.1. The van der Waals surface area contributed by atoms with Crippen molar-refractivity contribution in [1.29, 1.82) is 0 Å². The summed E-state index contributed by atoms with van der Waals surface area (Å²) in [5.74, 6) is 0.415. The molecule has 1 saturated heterocycles. The molecule has 1 atom stereocenters. The third kappa shape index (κ3) is 5.01. The summed E-state index contributed by atoms with van der Waals surface area (Å²) < 4.78 is 6.80. The molecule has 1 aromatic carbocycles. The number of carbonyl (C=O) groups excluding carboxylic acids is 2. The van der Waals surface area contributed by atoms with E-state index in [0.29, 0.717) is 31.0 Å². The third-order valence-corrected chi connectivity index (χ3v) is 6.29. The van der Waals surface area contributed by atoms with Crippen molar-refractivity contribution < 1.29 is 14.3 Å². The molecule has 4 rings (SSSR count). The van der Waals surface area contributed by atoms with Crippen LogP contribution in [0.5, 0.6) is 5.88 Å². The molecule has 30 heavy (non-hydrogen) atoms. The first kappa shape index (κ1) is 20.8. The van der Waals surface area contributed by atoms with Crippen molar-refractivity contribution in [2.75, 3.05) is 6.54 Å². The molecule has 6 nitrogen and oxygen atoms in total. The van der Waals surface area contributed by atoms with Gasteiger partial charge in [-0.1, -0.05) is 22.0 Å². The van der Waals surface area contributed by atoms with Gasteiger partial charge in [-0.05, 0) is 68.4 Å². The topological polar surface area (TPSA) is 71.5 Å². The summed E-state index contributed by atoms with van der Waals surface area (Å²) in [6.45, 7) is 0.980. The summed E-state index contributed by atoms with van der Waals surface area (Å²) in [6, 6.07) is 10.6. The number of carbonyl (C=O) groups is 2. The van der Waals surface area contributed by atoms with Gasteiger partial charge in [0.1, 0.15) is 12.1 Å². The lowest BCUT2D eigenvalue weighted by Crippen LogP contribution is -2.45. The fourth-order valence-corrected chi connectivity index (χ4v) is 4.37. The Morgan fingerprint density at radius 3 is 2.53 bits per heavy atom. The number of hydrogen-bond donors (Lipinski definition) is 1. The molecule has 1 aliphatic heterocycles. The zero-order chi connectivity index (χ0) is 20.9. The molecule has 2 heterocycles. The Morgan fingerprint density at radius 1 is 1.07 bits per heavy atom. The van der Waals surface area contributed by atoms with Crippen LogP contribution in [0, 0.1) is 0 Å². The Labute approximate surface area is 185 Å². The van der Waals surface area contributed by atoms with E-state index in [1.807, 2.05) is 24.3 Å². The monoisotopic (exact) mass is 471 g/mol. The quantitative estimate of drug-likeness (QED) is 0.688. The molecular formula is C23H26BrN3O3. The zero-order valence-electron chi connectivity index (χ0n) is 16.9. The Kier molecular flexibility index (Phi) is 6.67. The molecule has 2 amide bonds. The molecule has 1 saturated carbocycles. The molecule has 2 aliphatic rings. The Bertz CT molecular complexity index is 880. The van der Waals surface area contributed by atoms with Crippen LogP contribution in [-0.2, 0) is 11.3 Å². The maximum Gasteiger partial charge on any atom is 0.254 e. The second kappa shape index (κ2) is 9.60. The summed E-state index contributed by atoms with van der Waals surface area (Å²) >= 11 is 3.38. The van der Waals surface area contributed by atoms with Crippen LogP contribution in [0.3, 0.4) is 0 Å². The first-order valence-corrected chi connectivity index (χ1v) is 11.4. The van der Waals surface area contributed by atoms with Crippen LogP contribution in [0.15, 0.2) is 47.1 Å². The molecule has 2 aromatic rings. The highest BCUT2D eigenvalue weighted by atomic mass is 79.9. The molecule has 0 bridgehead atoms. The van der Waals surface area contributed by atoms with Crippen molar-refractivity contribution in [2.24, 2.45) is 0 Å². The van der Waals surface area contributed by atoms with Gasteiger partial charge in [0, 0.05) is 35.4 Å². The van der Waals surface area contributed by atoms with E-state index >= 15 is 0 Å². The zero-order valence-corrected chi connectivity index (χ0v) is 18.4. The standard InChI is InChI=1S/C23H26BrN3O3/c24-18-10-8-17(9-11-18)23(29)27-13-3-6-20(27)22(28)26-15-16-7-12-21(25-14-16)30-19-4-1-2-5-19/h7-12,14,19-20H,1-6,13,15H2,(H,26,28). The largest absolute Gasteiger partial charge is 0.474 e. The van der Waals surface area contributed by atoms with Gasteiger partial charge in [-0.25, -0.2) is 4.98 Å². The minimum absolute atomic E-state index is 0.102. The predicted octanol–water partition coefficient (Wildman–Crippen LogP) is 4.09. The molecule has 1 N–H and O–H groups in total. The Morgan fingerprint density at radius 2 is 1.83 bits per heavy atom. The second-order valence-electron chi connectivity index (χ2n) is 7.91. The van der Waals surface area contributed by atoms with E-state index in [-0.39, 0.29) is 17.9 Å². The lowest BCUT2D eigenvalue weighted by molar-refractivity contribution is -0.125. The first-order valence-electron chi connectivity index (χ1n) is 10.6. The number of hydrogen-bond acceptors (Lipinski definition) is 4. The molecule has 7 heteroatoms. The smallest absolute Gasteiger partial charge is 0.254 e. The van der Waals surface area contributed by atoms with E-state index in [1.54, 1.807) is 23.2 Å². The van der Waals surface area contributed by atoms with Gasteiger partial charge in [-0.2, -0.15) is 0 Å². The summed E-state index contributed by atoms with van der Waals surface area (Å²) in [5, 5.41) is 2.96. The van der Waals surface area contributed by atoms with Crippen LogP contribution in [0.2, 0.25) is 0 Å². The number of rotatable bonds is 6. The first-order chi connectivity index (χ1) is 14.6. The minimum Gasteiger partial charge on any atom is -0.474 e. The van der Waals surface area contributed by atoms with Crippen molar-refractivity contribution in [3.63, 3.8) is 0 Å². The van der Waals surface area contributed by atoms with E-state index in [2.05, 4.69) is 26.2 Å². The minimum atomic E-state index is -0.431. The van der Waals surface area contributed by atoms with Gasteiger partial charge in [0.2, 0.25) is 11.8 Å². The van der Waals surface area contributed by atoms with Crippen LogP contribution < -0.4 is 10.1 Å². The van der Waals surface area contributed by atoms with Gasteiger partial charge >= 0.3 is 0 Å². The Balaban J connectivity index is 1.31. The highest BCUT2D eigenvalue weighted by Crippen LogP contribution is 2.23. The van der Waals surface area contributed by atoms with Crippen LogP contribution in [0.4, 0.5) is 0 Å². The molecule has 158 valence electrons. The predicted molar refractivity (Wildman–Crippen MR) is 117 cm³/mol. The van der Waals surface area contributed by atoms with Crippen LogP contribution in [-0.4, -0.2) is 40.4 Å². The average molecular weight is 472 g/mol. The number of aromatic nitrogens is 1. The van der Waals surface area contributed by atoms with Crippen molar-refractivity contribution in [3.8, 4) is 5.88 Å². The van der Waals surface area contributed by atoms with E-state index < -0.39 is 6.04 Å². The lowest BCUT2D eigenvalue weighted by Gasteiger charge is -2.24. The molecular weight excluding hydrogens is 446 g/mol. The summed E-state index contributed by atoms with van der Waals surface area (Å²) in [7, 11) is 0. The van der Waals surface area contributed by atoms with E-state index in [4.69, 9.17) is 4.74 Å². The fraction of sp³-hybridized carbons (Fsp3) is 0.435. The lowest BCUT2D eigenvalue weighted by atomic mass is 10.1. The molecule has 0 spiro atoms. The van der Waals surface area contributed by atoms with Crippen molar-refractivity contribution in [3.05, 3.63) is 58.2 Å². The van der Waals surface area contributed by atoms with Gasteiger partial charge in [-0.15, -0.1) is 0 Å². The number of likely N-dealkylation sites (tertiary alicyclic amines) is 1. The highest BCUT2D eigenvalue weighted by Gasteiger charge is 2.34. The van der Waals surface area contributed by atoms with Gasteiger partial charge < -0.3 is 15.0 Å². The molecule has 1 aliphatic carbocycles. The Hall–Kier alpha value is -2.41. The highest BCUT2D eigenvalue weighted by molar-refractivity contribution is 9.10. The van der Waals surface area contributed by atoms with E-state index in [9.17, 15) is 9.59 Å². The number of nitrogens with one attached hydrogen (secondary N) is 1. The van der Waals surface area contributed by atoms with Gasteiger partial charge in [0.05, 0.1) is 0 Å². The van der Waals surface area contributed by atoms with Gasteiger partial charge in [-0.3, -0.25) is 9.59 Å². The number of pyridine rings is 1. The van der Waals surface area contributed by atoms with E-state index in [1.165, 1.54) is 12.8 Å². The third-order valence-electron chi connectivity index (χ3n) is 5.76. The number of benzene rings is 1. The van der Waals surface area contributed by atoms with Crippen molar-refractivity contribution in [2.45, 2.75) is 57.2 Å². The maximum atomic E-state index is 12.8. The molecule has 0 radical (unpaired) electrons. The summed E-state index contributed by atoms with van der Waals surface area (Å²) in [5.41, 5.74) is 1.51. The number of nitrogens with zero attached hydrogens (tertiary/aromatic N) is 2.